The van der Waals surface area contributed by atoms with Crippen molar-refractivity contribution in [2.45, 2.75) is 18.5 Å². The van der Waals surface area contributed by atoms with Gasteiger partial charge in [0.1, 0.15) is 6.23 Å². The smallest absolute Gasteiger partial charge is 0.343 e. The van der Waals surface area contributed by atoms with Gasteiger partial charge in [-0.15, -0.1) is 0 Å². The van der Waals surface area contributed by atoms with E-state index in [1.54, 1.807) is 0 Å². The monoisotopic (exact) mass is 141 g/mol. The zero-order valence-corrected chi connectivity index (χ0v) is 4.70. The first kappa shape index (κ1) is 6.82. The fourth-order valence-corrected chi connectivity index (χ4v) is 0.581. The third-order valence-electron chi connectivity index (χ3n) is 1.10. The summed E-state index contributed by atoms with van der Waals surface area (Å²) >= 11 is 0. The molecule has 0 aromatic heterocycles. The van der Waals surface area contributed by atoms with E-state index < -0.39 is 18.5 Å². The maximum atomic E-state index is 11.5. The molecule has 1 rings (SSSR count). The number of rotatable bonds is 1. The van der Waals surface area contributed by atoms with E-state index in [1.165, 1.54) is 7.05 Å². The molecule has 5 heteroatoms. The van der Waals surface area contributed by atoms with Gasteiger partial charge in [0.05, 0.1) is 0 Å². The maximum Gasteiger partial charge on any atom is 0.418 e. The van der Waals surface area contributed by atoms with E-state index in [1.807, 2.05) is 0 Å². The van der Waals surface area contributed by atoms with Gasteiger partial charge in [0.15, 0.2) is 6.10 Å². The van der Waals surface area contributed by atoms with Crippen LogP contribution in [0.5, 0.6) is 0 Å². The lowest BCUT2D eigenvalue weighted by Gasteiger charge is -1.98. The number of hydrogen-bond acceptors (Lipinski definition) is 2. The molecule has 2 unspecified atom stereocenters. The molecule has 54 valence electrons. The molecule has 9 heavy (non-hydrogen) atoms. The lowest BCUT2D eigenvalue weighted by molar-refractivity contribution is -0.146. The molecule has 0 saturated carbocycles. The summed E-state index contributed by atoms with van der Waals surface area (Å²) in [6.45, 7) is 0. The van der Waals surface area contributed by atoms with Gasteiger partial charge in [0.25, 0.3) is 0 Å². The summed E-state index contributed by atoms with van der Waals surface area (Å²) in [4.78, 5) is 0. The van der Waals surface area contributed by atoms with Gasteiger partial charge < -0.3 is 4.74 Å². The number of hydrogen-bond donors (Lipinski definition) is 1. The van der Waals surface area contributed by atoms with Crippen LogP contribution in [0.4, 0.5) is 13.2 Å². The Kier molecular flexibility index (Phi) is 1.40. The van der Waals surface area contributed by atoms with E-state index in [0.717, 1.165) is 0 Å². The van der Waals surface area contributed by atoms with Crippen LogP contribution in [0.25, 0.3) is 0 Å². The van der Waals surface area contributed by atoms with Gasteiger partial charge in [-0.05, 0) is 7.05 Å². The van der Waals surface area contributed by atoms with E-state index in [9.17, 15) is 13.2 Å². The summed E-state index contributed by atoms with van der Waals surface area (Å²) in [6, 6.07) is 0. The van der Waals surface area contributed by atoms with Crippen LogP contribution in [0.3, 0.4) is 0 Å². The van der Waals surface area contributed by atoms with Gasteiger partial charge in [0.2, 0.25) is 0 Å². The van der Waals surface area contributed by atoms with Crippen LogP contribution in [-0.2, 0) is 4.74 Å². The SMILES string of the molecule is CNC1OC1C(F)(F)F. The minimum atomic E-state index is -4.20. The van der Waals surface area contributed by atoms with E-state index >= 15 is 0 Å². The molecule has 1 aliphatic heterocycles. The van der Waals surface area contributed by atoms with Crippen LogP contribution in [0.1, 0.15) is 0 Å². The minimum Gasteiger partial charge on any atom is -0.343 e. The molecule has 0 aromatic rings. The Balaban J connectivity index is 2.33. The number of ether oxygens (including phenoxy) is 1. The van der Waals surface area contributed by atoms with Crippen molar-refractivity contribution < 1.29 is 17.9 Å². The van der Waals surface area contributed by atoms with Crippen molar-refractivity contribution >= 4 is 0 Å². The third kappa shape index (κ3) is 1.34. The average molecular weight is 141 g/mol. The molecular formula is C4H6F3NO. The quantitative estimate of drug-likeness (QED) is 0.537. The maximum absolute atomic E-state index is 11.5. The molecule has 0 amide bonds. The third-order valence-corrected chi connectivity index (χ3v) is 1.10. The molecule has 1 fully saturated rings. The second kappa shape index (κ2) is 1.85. The summed E-state index contributed by atoms with van der Waals surface area (Å²) in [5.41, 5.74) is 0. The zero-order valence-electron chi connectivity index (χ0n) is 4.70. The van der Waals surface area contributed by atoms with E-state index in [4.69, 9.17) is 0 Å². The molecule has 1 N–H and O–H groups in total. The van der Waals surface area contributed by atoms with Crippen LogP contribution in [0.2, 0.25) is 0 Å². The highest BCUT2D eigenvalue weighted by atomic mass is 19.4. The fourth-order valence-electron chi connectivity index (χ4n) is 0.581. The van der Waals surface area contributed by atoms with Crippen LogP contribution in [-0.4, -0.2) is 25.6 Å². The Bertz CT molecular complexity index is 113. The van der Waals surface area contributed by atoms with Crippen molar-refractivity contribution in [2.75, 3.05) is 7.05 Å². The Morgan fingerprint density at radius 2 is 2.00 bits per heavy atom. The Morgan fingerprint density at radius 1 is 1.44 bits per heavy atom. The molecule has 0 aromatic carbocycles. The van der Waals surface area contributed by atoms with Gasteiger partial charge in [-0.1, -0.05) is 0 Å². The highest BCUT2D eigenvalue weighted by molar-refractivity contribution is 4.87. The van der Waals surface area contributed by atoms with Gasteiger partial charge in [-0.2, -0.15) is 13.2 Å². The van der Waals surface area contributed by atoms with E-state index in [0.29, 0.717) is 0 Å². The number of likely N-dealkylation sites (N-methyl/N-ethyl adjacent to an activating group) is 1. The normalized spacial score (nSPS) is 34.7. The largest absolute Gasteiger partial charge is 0.418 e. The van der Waals surface area contributed by atoms with Crippen molar-refractivity contribution in [1.29, 1.82) is 0 Å². The first-order valence-electron chi connectivity index (χ1n) is 2.45. The summed E-state index contributed by atoms with van der Waals surface area (Å²) in [6.07, 6.45) is -6.60. The molecule has 0 spiro atoms. The topological polar surface area (TPSA) is 24.6 Å². The van der Waals surface area contributed by atoms with Crippen molar-refractivity contribution in [1.82, 2.24) is 5.32 Å². The number of nitrogens with one attached hydrogen (secondary N) is 1. The van der Waals surface area contributed by atoms with Crippen LogP contribution in [0.15, 0.2) is 0 Å². The zero-order chi connectivity index (χ0) is 7.07. The number of halogens is 3. The predicted molar refractivity (Wildman–Crippen MR) is 23.8 cm³/mol. The molecule has 1 aliphatic rings. The Morgan fingerprint density at radius 3 is 2.11 bits per heavy atom. The molecule has 0 radical (unpaired) electrons. The molecule has 1 saturated heterocycles. The lowest BCUT2D eigenvalue weighted by Crippen LogP contribution is -2.24. The van der Waals surface area contributed by atoms with Crippen molar-refractivity contribution in [3.8, 4) is 0 Å². The molecular weight excluding hydrogens is 135 g/mol. The van der Waals surface area contributed by atoms with Gasteiger partial charge in [-0.3, -0.25) is 5.32 Å². The number of alkyl halides is 3. The van der Waals surface area contributed by atoms with E-state index in [-0.39, 0.29) is 0 Å². The second-order valence-electron chi connectivity index (χ2n) is 1.81. The van der Waals surface area contributed by atoms with Gasteiger partial charge >= 0.3 is 6.18 Å². The standard InChI is InChI=1S/C4H6F3NO/c1-8-3-2(9-3)4(5,6)7/h2-3,8H,1H3. The molecule has 1 heterocycles. The Hall–Kier alpha value is -0.290. The summed E-state index contributed by atoms with van der Waals surface area (Å²) in [5, 5.41) is 2.35. The minimum absolute atomic E-state index is 0.815. The summed E-state index contributed by atoms with van der Waals surface area (Å²) < 4.78 is 38.7. The highest BCUT2D eigenvalue weighted by Gasteiger charge is 2.57. The second-order valence-corrected chi connectivity index (χ2v) is 1.81. The summed E-state index contributed by atoms with van der Waals surface area (Å²) in [7, 11) is 1.43. The lowest BCUT2D eigenvalue weighted by atomic mass is 10.4. The number of epoxide rings is 1. The van der Waals surface area contributed by atoms with Crippen molar-refractivity contribution in [2.24, 2.45) is 0 Å². The van der Waals surface area contributed by atoms with Gasteiger partial charge in [0, 0.05) is 0 Å². The molecule has 2 atom stereocenters. The predicted octanol–water partition coefficient (Wildman–Crippen LogP) is 0.493. The first-order valence-corrected chi connectivity index (χ1v) is 2.45. The average Bonchev–Trinajstić information content (AvgIpc) is 2.39. The van der Waals surface area contributed by atoms with Crippen LogP contribution < -0.4 is 5.32 Å². The van der Waals surface area contributed by atoms with E-state index in [2.05, 4.69) is 10.1 Å². The van der Waals surface area contributed by atoms with Crippen molar-refractivity contribution in [3.63, 3.8) is 0 Å². The Labute approximate surface area is 50.0 Å². The van der Waals surface area contributed by atoms with Crippen LogP contribution >= 0.6 is 0 Å². The van der Waals surface area contributed by atoms with Gasteiger partial charge in [-0.25, -0.2) is 0 Å². The first-order chi connectivity index (χ1) is 4.05. The van der Waals surface area contributed by atoms with Crippen molar-refractivity contribution in [3.05, 3.63) is 0 Å². The molecule has 2 nitrogen and oxygen atoms in total. The fraction of sp³-hybridized carbons (Fsp3) is 1.00. The molecule has 0 bridgehead atoms. The summed E-state index contributed by atoms with van der Waals surface area (Å²) in [5.74, 6) is 0. The molecule has 0 aliphatic carbocycles. The van der Waals surface area contributed by atoms with Crippen LogP contribution in [0, 0.1) is 0 Å². The highest BCUT2D eigenvalue weighted by Crippen LogP contribution is 2.35.